The SMILES string of the molecule is COc1ccc(N[C@](C#N)(c2cccc(C)c2)C(F)(F)F)cc1. The highest BCUT2D eigenvalue weighted by molar-refractivity contribution is 5.54. The van der Waals surface area contributed by atoms with Crippen molar-refractivity contribution in [3.8, 4) is 11.8 Å². The van der Waals surface area contributed by atoms with Crippen LogP contribution in [0.5, 0.6) is 5.75 Å². The number of halogens is 3. The van der Waals surface area contributed by atoms with Crippen LogP contribution in [-0.4, -0.2) is 13.3 Å². The highest BCUT2D eigenvalue weighted by atomic mass is 19.4. The first-order chi connectivity index (χ1) is 10.8. The zero-order chi connectivity index (χ0) is 17.1. The van der Waals surface area contributed by atoms with Gasteiger partial charge in [0.2, 0.25) is 5.54 Å². The lowest BCUT2D eigenvalue weighted by atomic mass is 9.89. The summed E-state index contributed by atoms with van der Waals surface area (Å²) in [6.45, 7) is 1.68. The molecule has 0 saturated heterocycles. The molecule has 1 atom stereocenters. The van der Waals surface area contributed by atoms with E-state index in [0.717, 1.165) is 0 Å². The smallest absolute Gasteiger partial charge is 0.429 e. The van der Waals surface area contributed by atoms with Crippen molar-refractivity contribution in [2.75, 3.05) is 12.4 Å². The number of methoxy groups -OCH3 is 1. The van der Waals surface area contributed by atoms with E-state index >= 15 is 0 Å². The molecule has 2 aromatic carbocycles. The summed E-state index contributed by atoms with van der Waals surface area (Å²) in [7, 11) is 1.46. The molecule has 0 aromatic heterocycles. The van der Waals surface area contributed by atoms with E-state index in [4.69, 9.17) is 4.74 Å². The van der Waals surface area contributed by atoms with E-state index in [0.29, 0.717) is 11.3 Å². The quantitative estimate of drug-likeness (QED) is 0.908. The molecule has 0 aliphatic rings. The van der Waals surface area contributed by atoms with Crippen molar-refractivity contribution < 1.29 is 17.9 Å². The van der Waals surface area contributed by atoms with Gasteiger partial charge in [-0.2, -0.15) is 18.4 Å². The summed E-state index contributed by atoms with van der Waals surface area (Å²) in [4.78, 5) is 0. The van der Waals surface area contributed by atoms with Gasteiger partial charge in [0, 0.05) is 11.3 Å². The number of hydrogen-bond donors (Lipinski definition) is 1. The van der Waals surface area contributed by atoms with E-state index in [1.165, 1.54) is 55.6 Å². The average molecular weight is 320 g/mol. The number of alkyl halides is 3. The minimum absolute atomic E-state index is 0.150. The topological polar surface area (TPSA) is 45.0 Å². The van der Waals surface area contributed by atoms with Gasteiger partial charge in [0.1, 0.15) is 11.8 Å². The Bertz CT molecular complexity index is 720. The Hall–Kier alpha value is -2.68. The molecule has 23 heavy (non-hydrogen) atoms. The molecular weight excluding hydrogens is 305 g/mol. The maximum atomic E-state index is 13.7. The first-order valence-corrected chi connectivity index (χ1v) is 6.80. The van der Waals surface area contributed by atoms with Crippen molar-refractivity contribution in [3.05, 3.63) is 59.7 Å². The van der Waals surface area contributed by atoms with Gasteiger partial charge in [0.05, 0.1) is 7.11 Å². The molecule has 0 fully saturated rings. The molecule has 0 saturated carbocycles. The number of anilines is 1. The lowest BCUT2D eigenvalue weighted by Gasteiger charge is -2.31. The highest BCUT2D eigenvalue weighted by Crippen LogP contribution is 2.41. The zero-order valence-corrected chi connectivity index (χ0v) is 12.6. The molecule has 2 aromatic rings. The molecule has 0 amide bonds. The molecule has 0 spiro atoms. The van der Waals surface area contributed by atoms with E-state index in [-0.39, 0.29) is 11.3 Å². The monoisotopic (exact) mass is 320 g/mol. The molecule has 0 aliphatic heterocycles. The zero-order valence-electron chi connectivity index (χ0n) is 12.6. The molecular formula is C17H15F3N2O. The fraction of sp³-hybridized carbons (Fsp3) is 0.235. The van der Waals surface area contributed by atoms with Gasteiger partial charge in [-0.3, -0.25) is 0 Å². The second kappa shape index (κ2) is 6.21. The van der Waals surface area contributed by atoms with Crippen LogP contribution in [0.15, 0.2) is 48.5 Å². The van der Waals surface area contributed by atoms with Crippen LogP contribution in [0.4, 0.5) is 18.9 Å². The van der Waals surface area contributed by atoms with Gasteiger partial charge in [-0.25, -0.2) is 0 Å². The molecule has 0 aliphatic carbocycles. The average Bonchev–Trinajstić information content (AvgIpc) is 2.52. The number of aryl methyl sites for hydroxylation is 1. The third kappa shape index (κ3) is 3.24. The molecule has 120 valence electrons. The van der Waals surface area contributed by atoms with E-state index in [1.807, 2.05) is 0 Å². The van der Waals surface area contributed by atoms with Crippen LogP contribution in [0, 0.1) is 18.3 Å². The minimum atomic E-state index is -4.80. The predicted octanol–water partition coefficient (Wildman–Crippen LogP) is 4.40. The van der Waals surface area contributed by atoms with Gasteiger partial charge in [0.15, 0.2) is 0 Å². The van der Waals surface area contributed by atoms with E-state index in [1.54, 1.807) is 13.0 Å². The largest absolute Gasteiger partial charge is 0.497 e. The van der Waals surface area contributed by atoms with Crippen molar-refractivity contribution >= 4 is 5.69 Å². The van der Waals surface area contributed by atoms with Crippen molar-refractivity contribution in [2.45, 2.75) is 18.6 Å². The molecule has 0 heterocycles. The van der Waals surface area contributed by atoms with Gasteiger partial charge < -0.3 is 10.1 Å². The third-order valence-electron chi connectivity index (χ3n) is 3.47. The number of rotatable bonds is 4. The van der Waals surface area contributed by atoms with Crippen LogP contribution < -0.4 is 10.1 Å². The van der Waals surface area contributed by atoms with Crippen LogP contribution in [-0.2, 0) is 5.54 Å². The Morgan fingerprint density at radius 3 is 2.22 bits per heavy atom. The van der Waals surface area contributed by atoms with Gasteiger partial charge >= 0.3 is 6.18 Å². The van der Waals surface area contributed by atoms with E-state index in [2.05, 4.69) is 5.32 Å². The molecule has 6 heteroatoms. The summed E-state index contributed by atoms with van der Waals surface area (Å²) >= 11 is 0. The number of benzene rings is 2. The second-order valence-electron chi connectivity index (χ2n) is 5.08. The van der Waals surface area contributed by atoms with Crippen LogP contribution in [0.3, 0.4) is 0 Å². The third-order valence-corrected chi connectivity index (χ3v) is 3.47. The van der Waals surface area contributed by atoms with Crippen molar-refractivity contribution in [3.63, 3.8) is 0 Å². The number of ether oxygens (including phenoxy) is 1. The van der Waals surface area contributed by atoms with Crippen molar-refractivity contribution in [2.24, 2.45) is 0 Å². The van der Waals surface area contributed by atoms with E-state index in [9.17, 15) is 18.4 Å². The first-order valence-electron chi connectivity index (χ1n) is 6.80. The summed E-state index contributed by atoms with van der Waals surface area (Å²) in [5.41, 5.74) is -2.16. The van der Waals surface area contributed by atoms with Gasteiger partial charge in [-0.1, -0.05) is 29.8 Å². The molecule has 0 radical (unpaired) electrons. The fourth-order valence-electron chi connectivity index (χ4n) is 2.23. The van der Waals surface area contributed by atoms with Crippen LogP contribution in [0.1, 0.15) is 11.1 Å². The molecule has 1 N–H and O–H groups in total. The Kier molecular flexibility index (Phi) is 4.50. The Morgan fingerprint density at radius 1 is 1.09 bits per heavy atom. The lowest BCUT2D eigenvalue weighted by molar-refractivity contribution is -0.165. The molecule has 3 nitrogen and oxygen atoms in total. The molecule has 0 unspecified atom stereocenters. The number of nitrogens with one attached hydrogen (secondary N) is 1. The predicted molar refractivity (Wildman–Crippen MR) is 81.1 cm³/mol. The molecule has 0 bridgehead atoms. The first kappa shape index (κ1) is 16.7. The Labute approximate surface area is 132 Å². The van der Waals surface area contributed by atoms with Gasteiger partial charge in [-0.05, 0) is 31.2 Å². The number of nitrogens with zero attached hydrogens (tertiary/aromatic N) is 1. The van der Waals surface area contributed by atoms with Crippen LogP contribution in [0.2, 0.25) is 0 Å². The lowest BCUT2D eigenvalue weighted by Crippen LogP contribution is -2.48. The number of nitriles is 1. The maximum Gasteiger partial charge on any atom is 0.429 e. The number of hydrogen-bond acceptors (Lipinski definition) is 3. The summed E-state index contributed by atoms with van der Waals surface area (Å²) in [6.07, 6.45) is -4.80. The van der Waals surface area contributed by atoms with Gasteiger partial charge in [-0.15, -0.1) is 0 Å². The summed E-state index contributed by atoms with van der Waals surface area (Å²) in [5.74, 6) is 0.515. The summed E-state index contributed by atoms with van der Waals surface area (Å²) in [5, 5.41) is 11.7. The Balaban J connectivity index is 2.52. The highest BCUT2D eigenvalue weighted by Gasteiger charge is 2.57. The second-order valence-corrected chi connectivity index (χ2v) is 5.08. The summed E-state index contributed by atoms with van der Waals surface area (Å²) < 4.78 is 46.1. The van der Waals surface area contributed by atoms with Crippen molar-refractivity contribution in [1.29, 1.82) is 5.26 Å². The fourth-order valence-corrected chi connectivity index (χ4v) is 2.23. The van der Waals surface area contributed by atoms with E-state index < -0.39 is 11.7 Å². The normalized spacial score (nSPS) is 13.7. The van der Waals surface area contributed by atoms with Crippen LogP contribution in [0.25, 0.3) is 0 Å². The summed E-state index contributed by atoms with van der Waals surface area (Å²) in [6, 6.07) is 13.2. The van der Waals surface area contributed by atoms with Gasteiger partial charge in [0.25, 0.3) is 0 Å². The maximum absolute atomic E-state index is 13.7. The molecule has 2 rings (SSSR count). The Morgan fingerprint density at radius 2 is 1.74 bits per heavy atom. The van der Waals surface area contributed by atoms with Crippen molar-refractivity contribution in [1.82, 2.24) is 0 Å². The van der Waals surface area contributed by atoms with Crippen LogP contribution >= 0.6 is 0 Å². The minimum Gasteiger partial charge on any atom is -0.497 e. The standard InChI is InChI=1S/C17H15F3N2O/c1-12-4-3-5-13(10-12)16(11-21,17(18,19)20)22-14-6-8-15(23-2)9-7-14/h3-10,22H,1-2H3/t16-/m1/s1.